The van der Waals surface area contributed by atoms with Crippen LogP contribution in [0.5, 0.6) is 0 Å². The Labute approximate surface area is 762 Å². The number of aromatic amines is 5. The highest BCUT2D eigenvalue weighted by Gasteiger charge is 2.30. The summed E-state index contributed by atoms with van der Waals surface area (Å²) in [5, 5.41) is 32.2. The van der Waals surface area contributed by atoms with Crippen LogP contribution in [-0.2, 0) is 4.74 Å². The van der Waals surface area contributed by atoms with Crippen LogP contribution in [0.1, 0.15) is 160 Å². The monoisotopic (exact) mass is 1810 g/mol. The van der Waals surface area contributed by atoms with Crippen molar-refractivity contribution in [3.63, 3.8) is 0 Å². The van der Waals surface area contributed by atoms with Gasteiger partial charge in [0.05, 0.1) is 37.4 Å². The molecule has 5 aromatic heterocycles. The van der Waals surface area contributed by atoms with Crippen molar-refractivity contribution in [1.29, 1.82) is 0 Å². The van der Waals surface area contributed by atoms with E-state index in [1.165, 1.54) is 18.5 Å². The average Bonchev–Trinajstić information content (AvgIpc) is 1.71. The van der Waals surface area contributed by atoms with Crippen molar-refractivity contribution < 1.29 is 43.4 Å². The molecule has 24 nitrogen and oxygen atoms in total. The average molecular weight is 1810 g/mol. The molecule has 11 N–H and O–H groups in total. The second-order valence-corrected chi connectivity index (χ2v) is 34.5. The topological polar surface area (TPSA) is 304 Å². The van der Waals surface area contributed by atoms with Crippen LogP contribution in [0.2, 0.25) is 25.1 Å². The molecule has 9 aromatic carbocycles. The van der Waals surface area contributed by atoms with Crippen LogP contribution in [0.4, 0.5) is 5.69 Å². The van der Waals surface area contributed by atoms with Gasteiger partial charge in [0.1, 0.15) is 28.5 Å². The van der Waals surface area contributed by atoms with Crippen LogP contribution in [-0.4, -0.2) is 197 Å². The zero-order valence-electron chi connectivity index (χ0n) is 71.9. The first-order valence-corrected chi connectivity index (χ1v) is 44.1. The third kappa shape index (κ3) is 24.9. The normalized spacial score (nSPS) is 14.6. The first-order chi connectivity index (χ1) is 61.1. The number of fused-ring (bicyclic) bond motifs is 5. The lowest BCUT2D eigenvalue weighted by Gasteiger charge is -2.34. The number of piperazine rings is 2. The van der Waals surface area contributed by atoms with E-state index in [-0.39, 0.29) is 72.1 Å². The van der Waals surface area contributed by atoms with E-state index < -0.39 is 6.04 Å². The standard InChI is InChI=1S/C23H25ClN4O2.C22H25ClN4O.C22H24ClN3O3.C17H15ClN2O2.C14H15ClN2O/c1-15(25-22(29)21-14-18-13-19(24)7-8-20(18)26-21)16-3-5-17(6-4-16)23(30)28-11-9-27(2)10-12-28;1-15(16-3-6-19(7-4-16)27-11-9-26(2)10-12-27)24-22(28)21-14-17-13-18(23)5-8-20(17)25-21;1-14(15-4-6-16(7-5-15)22(28)26(2)10-11-29-3)24-21(27)20-13-17-12-18(23)8-9-19(17)25-20;18-13-6-7-14-12(8-13)9-15(19-14)17(22)20-16(10-21)11-4-2-1-3-5-11;1-8(9-2-3-9)16-14(18)13-7-10-6-11(15)4-5-12(10)17-13/h3-8,13-15,26H,9-12H2,1-2H3,(H,25,29);3-8,13-15,25H,9-12H2,1-2H3,(H,24,28);4-9,12-14,25H,10-11H2,1-3H3,(H,24,27);1-9,16,19,21H,10H2,(H,20,22);4-9,17H,2-3H2,1H3,(H,16,18). The van der Waals surface area contributed by atoms with E-state index in [4.69, 9.17) is 62.7 Å². The Kier molecular flexibility index (Phi) is 31.4. The number of methoxy groups -OCH3 is 1. The third-order valence-electron chi connectivity index (χ3n) is 22.9. The minimum Gasteiger partial charge on any atom is -0.394 e. The van der Waals surface area contributed by atoms with Crippen molar-refractivity contribution in [3.8, 4) is 0 Å². The molecule has 0 bridgehead atoms. The number of anilines is 1. The maximum absolute atomic E-state index is 12.7. The van der Waals surface area contributed by atoms with Crippen molar-refractivity contribution in [1.82, 2.24) is 71.1 Å². The van der Waals surface area contributed by atoms with E-state index in [2.05, 4.69) is 111 Å². The maximum atomic E-state index is 12.7. The lowest BCUT2D eigenvalue weighted by atomic mass is 10.0. The number of likely N-dealkylation sites (N-methyl/N-ethyl adjacent to an activating group) is 3. The number of aromatic nitrogens is 5. The van der Waals surface area contributed by atoms with Gasteiger partial charge in [-0.25, -0.2) is 0 Å². The van der Waals surface area contributed by atoms with Gasteiger partial charge in [-0.2, -0.15) is 0 Å². The summed E-state index contributed by atoms with van der Waals surface area (Å²) in [6, 6.07) is 68.3. The molecule has 5 atom stereocenters. The quantitative estimate of drug-likeness (QED) is 0.0302. The molecule has 3 fully saturated rings. The summed E-state index contributed by atoms with van der Waals surface area (Å²) in [5.41, 5.74) is 13.2. The van der Waals surface area contributed by atoms with Gasteiger partial charge in [-0.15, -0.1) is 0 Å². The molecule has 14 aromatic rings. The van der Waals surface area contributed by atoms with Gasteiger partial charge in [-0.3, -0.25) is 33.6 Å². The minimum absolute atomic E-state index is 0.0401. The molecule has 127 heavy (non-hydrogen) atoms. The molecule has 2 saturated heterocycles. The fourth-order valence-corrected chi connectivity index (χ4v) is 15.9. The lowest BCUT2D eigenvalue weighted by Crippen LogP contribution is -2.47. The molecule has 1 saturated carbocycles. The first-order valence-electron chi connectivity index (χ1n) is 42.2. The smallest absolute Gasteiger partial charge is 0.268 e. The van der Waals surface area contributed by atoms with E-state index in [0.717, 1.165) is 129 Å². The summed E-state index contributed by atoms with van der Waals surface area (Å²) in [6.07, 6.45) is 2.45. The molecule has 29 heteroatoms. The number of aliphatic hydroxyl groups is 1. The Morgan fingerprint density at radius 1 is 0.409 bits per heavy atom. The molecule has 7 amide bonds. The van der Waals surface area contributed by atoms with Crippen LogP contribution < -0.4 is 31.5 Å². The first kappa shape index (κ1) is 92.7. The van der Waals surface area contributed by atoms with Crippen LogP contribution in [0.15, 0.2) is 224 Å². The zero-order chi connectivity index (χ0) is 90.1. The molecule has 5 unspecified atom stereocenters. The maximum Gasteiger partial charge on any atom is 0.268 e. The number of ether oxygens (including phenoxy) is 1. The number of carbonyl (C=O) groups is 7. The van der Waals surface area contributed by atoms with Crippen LogP contribution in [0.3, 0.4) is 0 Å². The molecule has 1 aliphatic carbocycles. The molecule has 660 valence electrons. The van der Waals surface area contributed by atoms with Crippen molar-refractivity contribution >= 4 is 160 Å². The number of amides is 7. The number of halogens is 5. The lowest BCUT2D eigenvalue weighted by molar-refractivity contribution is 0.0662. The van der Waals surface area contributed by atoms with E-state index in [0.29, 0.717) is 83.8 Å². The largest absolute Gasteiger partial charge is 0.394 e. The summed E-state index contributed by atoms with van der Waals surface area (Å²) in [4.78, 5) is 113. The predicted molar refractivity (Wildman–Crippen MR) is 509 cm³/mol. The zero-order valence-corrected chi connectivity index (χ0v) is 75.6. The van der Waals surface area contributed by atoms with Crippen molar-refractivity contribution in [2.75, 3.05) is 105 Å². The molecular weight excluding hydrogens is 1710 g/mol. The number of benzene rings is 9. The van der Waals surface area contributed by atoms with Gasteiger partial charge in [0.25, 0.3) is 41.4 Å². The van der Waals surface area contributed by atoms with E-state index >= 15 is 0 Å². The van der Waals surface area contributed by atoms with Gasteiger partial charge in [0.15, 0.2) is 0 Å². The van der Waals surface area contributed by atoms with Gasteiger partial charge >= 0.3 is 0 Å². The summed E-state index contributed by atoms with van der Waals surface area (Å²) >= 11 is 29.9. The van der Waals surface area contributed by atoms with E-state index in [9.17, 15) is 38.7 Å². The van der Waals surface area contributed by atoms with Crippen molar-refractivity contribution in [2.24, 2.45) is 5.92 Å². The molecule has 0 radical (unpaired) electrons. The highest BCUT2D eigenvalue weighted by molar-refractivity contribution is 6.33. The van der Waals surface area contributed by atoms with E-state index in [1.807, 2.05) is 171 Å². The van der Waals surface area contributed by atoms with Crippen molar-refractivity contribution in [3.05, 3.63) is 311 Å². The van der Waals surface area contributed by atoms with Gasteiger partial charge in [0.2, 0.25) is 0 Å². The van der Waals surface area contributed by atoms with Crippen LogP contribution >= 0.6 is 58.0 Å². The number of aliphatic hydroxyl groups excluding tert-OH is 1. The number of hydrogen-bond donors (Lipinski definition) is 11. The minimum atomic E-state index is -0.441. The van der Waals surface area contributed by atoms with Gasteiger partial charge in [0, 0.05) is 176 Å². The molecule has 3 aliphatic rings. The molecule has 17 rings (SSSR count). The van der Waals surface area contributed by atoms with Crippen LogP contribution in [0.25, 0.3) is 54.5 Å². The Bertz CT molecular complexity index is 6170. The van der Waals surface area contributed by atoms with Gasteiger partial charge in [-0.1, -0.05) is 125 Å². The number of nitrogens with one attached hydrogen (secondary N) is 10. The third-order valence-corrected chi connectivity index (χ3v) is 24.1. The molecule has 7 heterocycles. The van der Waals surface area contributed by atoms with Crippen LogP contribution in [0, 0.1) is 5.92 Å². The number of hydrogen-bond acceptors (Lipinski definition) is 12. The van der Waals surface area contributed by atoms with Gasteiger partial charge < -0.3 is 85.8 Å². The molecular formula is C98H104Cl5N15O9. The summed E-state index contributed by atoms with van der Waals surface area (Å²) in [7, 11) is 7.57. The summed E-state index contributed by atoms with van der Waals surface area (Å²) in [6.45, 7) is 16.3. The summed E-state index contributed by atoms with van der Waals surface area (Å²) in [5.74, 6) is -0.172. The Balaban J connectivity index is 0.000000137. The fourth-order valence-electron chi connectivity index (χ4n) is 15.0. The number of H-pyrrole nitrogens is 5. The predicted octanol–water partition coefficient (Wildman–Crippen LogP) is 18.4. The number of rotatable bonds is 22. The molecule has 0 spiro atoms. The second-order valence-electron chi connectivity index (χ2n) is 32.3. The second kappa shape index (κ2) is 43.0. The van der Waals surface area contributed by atoms with Crippen molar-refractivity contribution in [2.45, 2.75) is 70.7 Å². The Morgan fingerprint density at radius 3 is 1.09 bits per heavy atom. The highest BCUT2D eigenvalue weighted by atomic mass is 35.5. The number of carbonyl (C=O) groups excluding carboxylic acids is 7. The summed E-state index contributed by atoms with van der Waals surface area (Å²) < 4.78 is 5.00. The Morgan fingerprint density at radius 2 is 0.740 bits per heavy atom. The highest BCUT2D eigenvalue weighted by Crippen LogP contribution is 2.33. The number of nitrogens with zero attached hydrogens (tertiary/aromatic N) is 5. The van der Waals surface area contributed by atoms with Gasteiger partial charge in [-0.05, 0) is 241 Å². The molecule has 2 aliphatic heterocycles. The SMILES string of the molecule is CC(NC(=O)c1cc2cc(Cl)ccc2[nH]1)C1CC1.CC(NC(=O)c1cc2cc(Cl)ccc2[nH]1)c1ccc(C(=O)N2CCN(C)CC2)cc1.CC(NC(=O)c1cc2cc(Cl)ccc2[nH]1)c1ccc(N2CCN(C)CC2)cc1.COCCN(C)C(=O)c1ccc(C(C)NC(=O)c2cc3cc(Cl)ccc3[nH]2)cc1.O=C(NC(CO)c1ccccc1)c1cc2cc(Cl)ccc2[nH]1. The Hall–Kier alpha value is -11.9. The fraction of sp³-hybridized carbons (Fsp3) is 0.276. The van der Waals surface area contributed by atoms with E-state index in [1.54, 1.807) is 73.7 Å².